The molecule has 1 atom stereocenters. The Labute approximate surface area is 125 Å². The first-order valence-corrected chi connectivity index (χ1v) is 7.36. The van der Waals surface area contributed by atoms with Gasteiger partial charge in [-0.15, -0.1) is 0 Å². The quantitative estimate of drug-likeness (QED) is 0.566. The van der Waals surface area contributed by atoms with Crippen molar-refractivity contribution in [2.75, 3.05) is 40.0 Å². The number of carbonyl (C=O) groups excluding carboxylic acids is 1. The number of hydrogen-bond donors (Lipinski definition) is 0. The Balaban J connectivity index is 1.63. The van der Waals surface area contributed by atoms with Gasteiger partial charge in [-0.2, -0.15) is 0 Å². The first-order chi connectivity index (χ1) is 10.3. The number of morpholine rings is 1. The molecule has 116 valence electrons. The van der Waals surface area contributed by atoms with Crippen LogP contribution in [0.25, 0.3) is 0 Å². The van der Waals surface area contributed by atoms with Crippen molar-refractivity contribution in [3.63, 3.8) is 0 Å². The maximum Gasteiger partial charge on any atom is 0.308 e. The molecule has 5 heteroatoms. The zero-order valence-corrected chi connectivity index (χ0v) is 12.5. The van der Waals surface area contributed by atoms with Gasteiger partial charge in [0.05, 0.1) is 32.8 Å². The van der Waals surface area contributed by atoms with Crippen LogP contribution in [0.3, 0.4) is 0 Å². The first-order valence-electron chi connectivity index (χ1n) is 7.36. The topological polar surface area (TPSA) is 48.0 Å². The predicted octanol–water partition coefficient (Wildman–Crippen LogP) is 1.72. The molecule has 0 amide bonds. The molecule has 1 aliphatic heterocycles. The van der Waals surface area contributed by atoms with Gasteiger partial charge >= 0.3 is 5.97 Å². The number of carbonyl (C=O) groups is 1. The highest BCUT2D eigenvalue weighted by Gasteiger charge is 2.22. The molecule has 1 aliphatic rings. The van der Waals surface area contributed by atoms with Gasteiger partial charge in [0.1, 0.15) is 5.75 Å². The standard InChI is InChI=1S/C16H23NO4/c1-19-16(18)12-15-13-17(9-11-21-15)8-5-10-20-14-6-3-2-4-7-14/h2-4,6-7,15H,5,8-13H2,1H3. The summed E-state index contributed by atoms with van der Waals surface area (Å²) >= 11 is 0. The Morgan fingerprint density at radius 3 is 2.95 bits per heavy atom. The number of methoxy groups -OCH3 is 1. The Kier molecular flexibility index (Phi) is 6.50. The normalized spacial score (nSPS) is 19.2. The summed E-state index contributed by atoms with van der Waals surface area (Å²) in [6.07, 6.45) is 1.23. The highest BCUT2D eigenvalue weighted by atomic mass is 16.5. The Morgan fingerprint density at radius 1 is 1.38 bits per heavy atom. The van der Waals surface area contributed by atoms with Crippen LogP contribution in [-0.2, 0) is 14.3 Å². The largest absolute Gasteiger partial charge is 0.494 e. The molecule has 0 aromatic heterocycles. The van der Waals surface area contributed by atoms with Crippen LogP contribution < -0.4 is 4.74 Å². The number of esters is 1. The van der Waals surface area contributed by atoms with Gasteiger partial charge in [-0.05, 0) is 18.6 Å². The summed E-state index contributed by atoms with van der Waals surface area (Å²) < 4.78 is 15.9. The van der Waals surface area contributed by atoms with Crippen molar-refractivity contribution in [2.24, 2.45) is 0 Å². The van der Waals surface area contributed by atoms with Gasteiger partial charge in [0, 0.05) is 19.6 Å². The van der Waals surface area contributed by atoms with Crippen molar-refractivity contribution in [1.82, 2.24) is 4.90 Å². The molecule has 0 aliphatic carbocycles. The number of para-hydroxylation sites is 1. The molecule has 1 saturated heterocycles. The van der Waals surface area contributed by atoms with E-state index >= 15 is 0 Å². The Morgan fingerprint density at radius 2 is 2.19 bits per heavy atom. The molecular formula is C16H23NO4. The number of nitrogens with zero attached hydrogens (tertiary/aromatic N) is 1. The molecule has 0 radical (unpaired) electrons. The third-order valence-electron chi connectivity index (χ3n) is 3.48. The van der Waals surface area contributed by atoms with Gasteiger partial charge in [-0.3, -0.25) is 9.69 Å². The summed E-state index contributed by atoms with van der Waals surface area (Å²) in [5.74, 6) is 0.692. The SMILES string of the molecule is COC(=O)CC1CN(CCCOc2ccccc2)CCO1. The Bertz CT molecular complexity index is 424. The summed E-state index contributed by atoms with van der Waals surface area (Å²) in [5, 5.41) is 0. The number of hydrogen-bond acceptors (Lipinski definition) is 5. The molecule has 1 aromatic rings. The predicted molar refractivity (Wildman–Crippen MR) is 79.4 cm³/mol. The van der Waals surface area contributed by atoms with Crippen LogP contribution in [0.15, 0.2) is 30.3 Å². The molecule has 1 heterocycles. The zero-order valence-electron chi connectivity index (χ0n) is 12.5. The highest BCUT2D eigenvalue weighted by molar-refractivity contribution is 5.69. The van der Waals surface area contributed by atoms with Gasteiger partial charge in [0.15, 0.2) is 0 Å². The molecule has 2 rings (SSSR count). The third kappa shape index (κ3) is 5.73. The van der Waals surface area contributed by atoms with E-state index in [9.17, 15) is 4.79 Å². The smallest absolute Gasteiger partial charge is 0.308 e. The van der Waals surface area contributed by atoms with Crippen molar-refractivity contribution in [3.8, 4) is 5.75 Å². The highest BCUT2D eigenvalue weighted by Crippen LogP contribution is 2.11. The van der Waals surface area contributed by atoms with Gasteiger partial charge in [-0.25, -0.2) is 0 Å². The van der Waals surface area contributed by atoms with Crippen LogP contribution in [-0.4, -0.2) is 56.9 Å². The maximum absolute atomic E-state index is 11.3. The van der Waals surface area contributed by atoms with Crippen molar-refractivity contribution in [2.45, 2.75) is 18.9 Å². The van der Waals surface area contributed by atoms with Crippen LogP contribution >= 0.6 is 0 Å². The van der Waals surface area contributed by atoms with Crippen molar-refractivity contribution >= 4 is 5.97 Å². The van der Waals surface area contributed by atoms with Crippen molar-refractivity contribution in [3.05, 3.63) is 30.3 Å². The second-order valence-corrected chi connectivity index (χ2v) is 5.09. The minimum Gasteiger partial charge on any atom is -0.494 e. The van der Waals surface area contributed by atoms with E-state index in [-0.39, 0.29) is 12.1 Å². The molecule has 1 unspecified atom stereocenters. The van der Waals surface area contributed by atoms with E-state index in [2.05, 4.69) is 9.64 Å². The van der Waals surface area contributed by atoms with E-state index in [1.807, 2.05) is 30.3 Å². The molecule has 0 bridgehead atoms. The van der Waals surface area contributed by atoms with Crippen LogP contribution in [0.5, 0.6) is 5.75 Å². The van der Waals surface area contributed by atoms with Gasteiger partial charge < -0.3 is 14.2 Å². The minimum atomic E-state index is -0.214. The average molecular weight is 293 g/mol. The molecule has 1 fully saturated rings. The van der Waals surface area contributed by atoms with Crippen LogP contribution in [0.4, 0.5) is 0 Å². The summed E-state index contributed by atoms with van der Waals surface area (Å²) in [4.78, 5) is 13.6. The molecule has 5 nitrogen and oxygen atoms in total. The summed E-state index contributed by atoms with van der Waals surface area (Å²) in [6, 6.07) is 9.83. The van der Waals surface area contributed by atoms with Crippen LogP contribution in [0.2, 0.25) is 0 Å². The van der Waals surface area contributed by atoms with E-state index in [0.29, 0.717) is 19.6 Å². The van der Waals surface area contributed by atoms with Gasteiger partial charge in [-0.1, -0.05) is 18.2 Å². The molecular weight excluding hydrogens is 270 g/mol. The molecule has 0 saturated carbocycles. The maximum atomic E-state index is 11.3. The fourth-order valence-corrected chi connectivity index (χ4v) is 2.37. The Hall–Kier alpha value is -1.59. The lowest BCUT2D eigenvalue weighted by Crippen LogP contribution is -2.43. The fourth-order valence-electron chi connectivity index (χ4n) is 2.37. The summed E-state index contributed by atoms with van der Waals surface area (Å²) in [6.45, 7) is 4.00. The van der Waals surface area contributed by atoms with E-state index in [0.717, 1.165) is 31.8 Å². The monoisotopic (exact) mass is 293 g/mol. The second kappa shape index (κ2) is 8.64. The van der Waals surface area contributed by atoms with Crippen LogP contribution in [0, 0.1) is 0 Å². The fraction of sp³-hybridized carbons (Fsp3) is 0.562. The molecule has 0 N–H and O–H groups in total. The molecule has 0 spiro atoms. The first kappa shape index (κ1) is 15.8. The zero-order chi connectivity index (χ0) is 14.9. The minimum absolute atomic E-state index is 0.0544. The number of ether oxygens (including phenoxy) is 3. The third-order valence-corrected chi connectivity index (χ3v) is 3.48. The lowest BCUT2D eigenvalue weighted by atomic mass is 10.2. The lowest BCUT2D eigenvalue weighted by molar-refractivity contribution is -0.145. The van der Waals surface area contributed by atoms with Gasteiger partial charge in [0.25, 0.3) is 0 Å². The average Bonchev–Trinajstić information content (AvgIpc) is 2.53. The lowest BCUT2D eigenvalue weighted by Gasteiger charge is -2.32. The number of rotatable bonds is 7. The van der Waals surface area contributed by atoms with E-state index in [4.69, 9.17) is 9.47 Å². The summed E-state index contributed by atoms with van der Waals surface area (Å²) in [5.41, 5.74) is 0. The van der Waals surface area contributed by atoms with E-state index in [1.54, 1.807) is 0 Å². The van der Waals surface area contributed by atoms with Crippen molar-refractivity contribution < 1.29 is 19.0 Å². The molecule has 1 aromatic carbocycles. The van der Waals surface area contributed by atoms with Crippen LogP contribution in [0.1, 0.15) is 12.8 Å². The second-order valence-electron chi connectivity index (χ2n) is 5.09. The van der Waals surface area contributed by atoms with Crippen molar-refractivity contribution in [1.29, 1.82) is 0 Å². The molecule has 21 heavy (non-hydrogen) atoms. The van der Waals surface area contributed by atoms with E-state index in [1.165, 1.54) is 7.11 Å². The number of benzene rings is 1. The van der Waals surface area contributed by atoms with Gasteiger partial charge in [0.2, 0.25) is 0 Å². The van der Waals surface area contributed by atoms with E-state index < -0.39 is 0 Å². The summed E-state index contributed by atoms with van der Waals surface area (Å²) in [7, 11) is 1.41.